The van der Waals surface area contributed by atoms with Crippen LogP contribution in [-0.4, -0.2) is 59.7 Å². The summed E-state index contributed by atoms with van der Waals surface area (Å²) < 4.78 is 63.3. The van der Waals surface area contributed by atoms with Crippen LogP contribution in [0.5, 0.6) is 23.0 Å². The molecule has 0 spiro atoms. The molecule has 2 aromatic carbocycles. The fourth-order valence-corrected chi connectivity index (χ4v) is 5.19. The predicted octanol–water partition coefficient (Wildman–Crippen LogP) is 5.52. The molecule has 1 N–H and O–H groups in total. The number of nitrogens with zero attached hydrogens (tertiary/aromatic N) is 1. The lowest BCUT2D eigenvalue weighted by Crippen LogP contribution is -2.24. The maximum atomic E-state index is 13.5. The average Bonchev–Trinajstić information content (AvgIpc) is 3.00. The second kappa shape index (κ2) is 14.3. The SMILES string of the molecule is COC(=O)c1cc(NS(=O)(=O)c2ccc(C(C)C)cn2)c(Oc2ccccc2OC)c(OCCOC2CCCCO2)c1. The summed E-state index contributed by atoms with van der Waals surface area (Å²) in [6.07, 6.45) is 4.00. The topological polar surface area (TPSA) is 132 Å². The minimum atomic E-state index is -4.21. The number of hydrogen-bond donors (Lipinski definition) is 1. The molecule has 0 aliphatic carbocycles. The summed E-state index contributed by atoms with van der Waals surface area (Å²) in [5.74, 6) is 0.255. The third-order valence-electron chi connectivity index (χ3n) is 6.49. The van der Waals surface area contributed by atoms with Crippen molar-refractivity contribution in [3.63, 3.8) is 0 Å². The highest BCUT2D eigenvalue weighted by atomic mass is 32.2. The number of hydrogen-bond acceptors (Lipinski definition) is 10. The van der Waals surface area contributed by atoms with Crippen molar-refractivity contribution in [2.24, 2.45) is 0 Å². The molecule has 2 heterocycles. The molecule has 1 aromatic heterocycles. The minimum absolute atomic E-state index is 0.00319. The van der Waals surface area contributed by atoms with Gasteiger partial charge in [-0.2, -0.15) is 8.42 Å². The van der Waals surface area contributed by atoms with E-state index in [0.29, 0.717) is 18.1 Å². The summed E-state index contributed by atoms with van der Waals surface area (Å²) >= 11 is 0. The Bertz CT molecular complexity index is 1450. The van der Waals surface area contributed by atoms with Crippen molar-refractivity contribution in [1.82, 2.24) is 4.98 Å². The third kappa shape index (κ3) is 7.90. The first-order valence-electron chi connectivity index (χ1n) is 13.6. The van der Waals surface area contributed by atoms with E-state index in [2.05, 4.69) is 9.71 Å². The number of para-hydroxylation sites is 2. The smallest absolute Gasteiger partial charge is 0.338 e. The lowest BCUT2D eigenvalue weighted by atomic mass is 10.1. The van der Waals surface area contributed by atoms with Crippen LogP contribution in [0, 0.1) is 0 Å². The molecule has 0 radical (unpaired) electrons. The number of esters is 1. The molecule has 1 aliphatic rings. The van der Waals surface area contributed by atoms with Gasteiger partial charge >= 0.3 is 5.97 Å². The van der Waals surface area contributed by atoms with Gasteiger partial charge in [0, 0.05) is 12.8 Å². The Morgan fingerprint density at radius 3 is 2.48 bits per heavy atom. The monoisotopic (exact) mass is 600 g/mol. The van der Waals surface area contributed by atoms with Gasteiger partial charge in [0.2, 0.25) is 0 Å². The van der Waals surface area contributed by atoms with Crippen LogP contribution in [0.15, 0.2) is 59.8 Å². The van der Waals surface area contributed by atoms with Crippen molar-refractivity contribution in [2.75, 3.05) is 38.8 Å². The van der Waals surface area contributed by atoms with Crippen LogP contribution in [0.3, 0.4) is 0 Å². The van der Waals surface area contributed by atoms with Crippen LogP contribution < -0.4 is 18.9 Å². The van der Waals surface area contributed by atoms with Crippen LogP contribution in [0.25, 0.3) is 0 Å². The zero-order valence-corrected chi connectivity index (χ0v) is 24.9. The van der Waals surface area contributed by atoms with Crippen LogP contribution in [-0.2, 0) is 24.2 Å². The van der Waals surface area contributed by atoms with E-state index in [4.69, 9.17) is 28.4 Å². The summed E-state index contributed by atoms with van der Waals surface area (Å²) in [6.45, 7) is 4.86. The first-order chi connectivity index (χ1) is 20.2. The van der Waals surface area contributed by atoms with Crippen molar-refractivity contribution in [3.8, 4) is 23.0 Å². The van der Waals surface area contributed by atoms with Gasteiger partial charge in [0.05, 0.1) is 32.1 Å². The molecule has 1 atom stereocenters. The van der Waals surface area contributed by atoms with Gasteiger partial charge in [-0.1, -0.05) is 32.0 Å². The first kappa shape index (κ1) is 31.1. The van der Waals surface area contributed by atoms with Crippen molar-refractivity contribution in [3.05, 3.63) is 65.9 Å². The van der Waals surface area contributed by atoms with E-state index < -0.39 is 16.0 Å². The molecule has 0 saturated carbocycles. The van der Waals surface area contributed by atoms with E-state index in [0.717, 1.165) is 24.8 Å². The Morgan fingerprint density at radius 1 is 1.05 bits per heavy atom. The summed E-state index contributed by atoms with van der Waals surface area (Å²) in [5.41, 5.74) is 0.862. The number of carbonyl (C=O) groups is 1. The Balaban J connectivity index is 1.71. The molecule has 42 heavy (non-hydrogen) atoms. The molecule has 1 unspecified atom stereocenters. The summed E-state index contributed by atoms with van der Waals surface area (Å²) in [4.78, 5) is 16.7. The highest BCUT2D eigenvalue weighted by molar-refractivity contribution is 7.92. The zero-order valence-electron chi connectivity index (χ0n) is 24.1. The quantitative estimate of drug-likeness (QED) is 0.198. The number of sulfonamides is 1. The van der Waals surface area contributed by atoms with Crippen molar-refractivity contribution in [1.29, 1.82) is 0 Å². The maximum Gasteiger partial charge on any atom is 0.338 e. The Hall–Kier alpha value is -3.87. The van der Waals surface area contributed by atoms with Gasteiger partial charge in [-0.05, 0) is 61.1 Å². The van der Waals surface area contributed by atoms with E-state index in [1.165, 1.54) is 38.6 Å². The van der Waals surface area contributed by atoms with Crippen LogP contribution in [0.2, 0.25) is 0 Å². The van der Waals surface area contributed by atoms with Crippen LogP contribution in [0.4, 0.5) is 5.69 Å². The van der Waals surface area contributed by atoms with E-state index in [1.54, 1.807) is 30.3 Å². The molecule has 1 saturated heterocycles. The fourth-order valence-electron chi connectivity index (χ4n) is 4.20. The van der Waals surface area contributed by atoms with Gasteiger partial charge in [0.25, 0.3) is 10.0 Å². The summed E-state index contributed by atoms with van der Waals surface area (Å²) in [5, 5.41) is -0.207. The van der Waals surface area contributed by atoms with Crippen LogP contribution in [0.1, 0.15) is 54.9 Å². The Labute approximate surface area is 246 Å². The molecule has 11 nitrogen and oxygen atoms in total. The maximum absolute atomic E-state index is 13.5. The fraction of sp³-hybridized carbons (Fsp3) is 0.400. The van der Waals surface area contributed by atoms with Gasteiger partial charge < -0.3 is 28.4 Å². The number of benzene rings is 2. The second-order valence-corrected chi connectivity index (χ2v) is 11.4. The molecule has 4 rings (SSSR count). The van der Waals surface area contributed by atoms with E-state index in [-0.39, 0.29) is 53.2 Å². The summed E-state index contributed by atoms with van der Waals surface area (Å²) in [7, 11) is -1.50. The third-order valence-corrected chi connectivity index (χ3v) is 7.77. The number of ether oxygens (including phenoxy) is 6. The van der Waals surface area contributed by atoms with Crippen molar-refractivity contribution < 1.29 is 41.6 Å². The Kier molecular flexibility index (Phi) is 10.6. The highest BCUT2D eigenvalue weighted by Crippen LogP contribution is 2.43. The largest absolute Gasteiger partial charge is 0.493 e. The predicted molar refractivity (Wildman–Crippen MR) is 155 cm³/mol. The van der Waals surface area contributed by atoms with E-state index in [1.807, 2.05) is 13.8 Å². The van der Waals surface area contributed by atoms with Crippen molar-refractivity contribution >= 4 is 21.7 Å². The number of rotatable bonds is 13. The normalized spacial score (nSPS) is 15.2. The standard InChI is InChI=1S/C30H36N2O9S/c1-20(2)21-12-13-27(31-19-21)42(34,35)32-23-17-22(30(33)37-4)18-26(38-15-16-40-28-11-7-8-14-39-28)29(23)41-25-10-6-5-9-24(25)36-3/h5-6,9-10,12-13,17-20,28,32H,7-8,11,14-16H2,1-4H3. The highest BCUT2D eigenvalue weighted by Gasteiger charge is 2.25. The molecule has 226 valence electrons. The number of methoxy groups -OCH3 is 2. The number of nitrogens with one attached hydrogen (secondary N) is 1. The lowest BCUT2D eigenvalue weighted by molar-refractivity contribution is -0.165. The van der Waals surface area contributed by atoms with Gasteiger partial charge in [-0.25, -0.2) is 9.78 Å². The van der Waals surface area contributed by atoms with Crippen molar-refractivity contribution in [2.45, 2.75) is 50.3 Å². The summed E-state index contributed by atoms with van der Waals surface area (Å²) in [6, 6.07) is 12.7. The molecular weight excluding hydrogens is 564 g/mol. The molecule has 0 amide bonds. The van der Waals surface area contributed by atoms with E-state index >= 15 is 0 Å². The number of anilines is 1. The first-order valence-corrected chi connectivity index (χ1v) is 15.1. The molecule has 1 fully saturated rings. The zero-order chi connectivity index (χ0) is 30.1. The number of aromatic nitrogens is 1. The average molecular weight is 601 g/mol. The molecule has 1 aliphatic heterocycles. The van der Waals surface area contributed by atoms with Gasteiger partial charge in [0.1, 0.15) is 6.61 Å². The molecular formula is C30H36N2O9S. The molecule has 3 aromatic rings. The van der Waals surface area contributed by atoms with Gasteiger partial charge in [-0.15, -0.1) is 0 Å². The van der Waals surface area contributed by atoms with Crippen LogP contribution >= 0.6 is 0 Å². The lowest BCUT2D eigenvalue weighted by Gasteiger charge is -2.23. The van der Waals surface area contributed by atoms with Gasteiger partial charge in [0.15, 0.2) is 34.3 Å². The molecule has 12 heteroatoms. The van der Waals surface area contributed by atoms with E-state index in [9.17, 15) is 13.2 Å². The van der Waals surface area contributed by atoms with Gasteiger partial charge in [-0.3, -0.25) is 4.72 Å². The molecule has 0 bridgehead atoms. The minimum Gasteiger partial charge on any atom is -0.493 e. The second-order valence-electron chi connectivity index (χ2n) is 9.80. The Morgan fingerprint density at radius 2 is 1.83 bits per heavy atom. The number of carbonyl (C=O) groups excluding carboxylic acids is 1. The number of pyridine rings is 1.